The van der Waals surface area contributed by atoms with Gasteiger partial charge in [0, 0.05) is 17.5 Å². The second-order valence-electron chi connectivity index (χ2n) is 4.88. The molecule has 0 fully saturated rings. The maximum atomic E-state index is 11.3. The van der Waals surface area contributed by atoms with Crippen molar-refractivity contribution in [1.29, 1.82) is 0 Å². The van der Waals surface area contributed by atoms with Gasteiger partial charge in [0.2, 0.25) is 0 Å². The molecule has 0 spiro atoms. The number of nitrogens with zero attached hydrogens (tertiary/aromatic N) is 2. The molecule has 3 rings (SSSR count). The van der Waals surface area contributed by atoms with Crippen LogP contribution in [0.15, 0.2) is 24.4 Å². The summed E-state index contributed by atoms with van der Waals surface area (Å²) in [6.45, 7) is 1.93. The van der Waals surface area contributed by atoms with E-state index in [0.717, 1.165) is 17.0 Å². The fourth-order valence-electron chi connectivity index (χ4n) is 2.53. The molecule has 0 saturated carbocycles. The molecule has 2 heterocycles. The smallest absolute Gasteiger partial charge is 0.347 e. The predicted molar refractivity (Wildman–Crippen MR) is 87.9 cm³/mol. The topological polar surface area (TPSA) is 73.1 Å². The number of fused-ring (bicyclic) bond motifs is 1. The number of carbonyl (C=O) groups is 1. The van der Waals surface area contributed by atoms with Crippen molar-refractivity contribution >= 4 is 22.3 Å². The summed E-state index contributed by atoms with van der Waals surface area (Å²) in [5.74, 6) is 0.477. The number of hydrogen-bond donors (Lipinski definition) is 1. The Kier molecular flexibility index (Phi) is 3.96. The minimum Gasteiger partial charge on any atom is -0.497 e. The first-order valence-corrected chi connectivity index (χ1v) is 7.87. The highest BCUT2D eigenvalue weighted by Gasteiger charge is 2.20. The van der Waals surface area contributed by atoms with E-state index in [1.807, 2.05) is 35.7 Å². The van der Waals surface area contributed by atoms with E-state index in [4.69, 9.17) is 9.47 Å². The molecule has 2 aromatic heterocycles. The summed E-state index contributed by atoms with van der Waals surface area (Å²) >= 11 is 1.18. The molecule has 3 aromatic rings. The normalized spacial score (nSPS) is 10.9. The van der Waals surface area contributed by atoms with Crippen LogP contribution in [0.1, 0.15) is 22.3 Å². The molecule has 0 radical (unpaired) electrons. The predicted octanol–water partition coefficient (Wildman–Crippen LogP) is 3.34. The van der Waals surface area contributed by atoms with Crippen molar-refractivity contribution in [3.63, 3.8) is 0 Å². The van der Waals surface area contributed by atoms with Gasteiger partial charge in [0.25, 0.3) is 0 Å². The lowest BCUT2D eigenvalue weighted by Crippen LogP contribution is -1.99. The van der Waals surface area contributed by atoms with E-state index in [-0.39, 0.29) is 0 Å². The number of rotatable bonds is 5. The Morgan fingerprint density at radius 3 is 2.74 bits per heavy atom. The average Bonchev–Trinajstić information content (AvgIpc) is 3.11. The van der Waals surface area contributed by atoms with E-state index in [1.165, 1.54) is 11.3 Å². The molecule has 0 unspecified atom stereocenters. The van der Waals surface area contributed by atoms with Gasteiger partial charge in [0.05, 0.1) is 19.9 Å². The number of carboxylic acid groups (broad SMARTS) is 1. The summed E-state index contributed by atoms with van der Waals surface area (Å²) < 4.78 is 12.5. The molecule has 6 nitrogen and oxygen atoms in total. The van der Waals surface area contributed by atoms with Crippen LogP contribution in [0.25, 0.3) is 16.2 Å². The van der Waals surface area contributed by atoms with Gasteiger partial charge in [0.1, 0.15) is 16.4 Å². The molecule has 0 saturated heterocycles. The molecule has 0 bridgehead atoms. The van der Waals surface area contributed by atoms with Crippen LogP contribution >= 0.6 is 11.3 Å². The Balaban J connectivity index is 2.18. The van der Waals surface area contributed by atoms with E-state index >= 15 is 0 Å². The van der Waals surface area contributed by atoms with Crippen LogP contribution in [0.2, 0.25) is 0 Å². The highest BCUT2D eigenvalue weighted by molar-refractivity contribution is 7.19. The Bertz CT molecular complexity index is 882. The zero-order valence-electron chi connectivity index (χ0n) is 13.0. The molecule has 120 valence electrons. The van der Waals surface area contributed by atoms with Gasteiger partial charge in [-0.1, -0.05) is 18.3 Å². The van der Waals surface area contributed by atoms with Gasteiger partial charge < -0.3 is 14.6 Å². The first-order chi connectivity index (χ1) is 11.1. The number of thiazole rings is 1. The SMILES string of the molecule is CCc1c(C(=O)O)sc2nc(-c3cc(OC)ccc3OC)cn12. The minimum atomic E-state index is -0.919. The monoisotopic (exact) mass is 332 g/mol. The molecular weight excluding hydrogens is 316 g/mol. The number of ether oxygens (including phenoxy) is 2. The minimum absolute atomic E-state index is 0.333. The number of imidazole rings is 1. The van der Waals surface area contributed by atoms with Gasteiger partial charge >= 0.3 is 5.97 Å². The summed E-state index contributed by atoms with van der Waals surface area (Å²) in [7, 11) is 3.20. The number of aryl methyl sites for hydroxylation is 1. The molecule has 0 aliphatic rings. The number of methoxy groups -OCH3 is 2. The fourth-order valence-corrected chi connectivity index (χ4v) is 3.57. The molecule has 7 heteroatoms. The molecule has 0 aliphatic heterocycles. The van der Waals surface area contributed by atoms with Crippen molar-refractivity contribution in [3.8, 4) is 22.8 Å². The largest absolute Gasteiger partial charge is 0.497 e. The van der Waals surface area contributed by atoms with Gasteiger partial charge in [-0.05, 0) is 24.6 Å². The Labute approximate surface area is 136 Å². The maximum Gasteiger partial charge on any atom is 0.347 e. The third-order valence-corrected chi connectivity index (χ3v) is 4.72. The fraction of sp³-hybridized carbons (Fsp3) is 0.250. The van der Waals surface area contributed by atoms with Crippen LogP contribution < -0.4 is 9.47 Å². The third-order valence-electron chi connectivity index (χ3n) is 3.63. The highest BCUT2D eigenvalue weighted by Crippen LogP contribution is 2.35. The summed E-state index contributed by atoms with van der Waals surface area (Å²) in [5, 5.41) is 9.29. The number of benzene rings is 1. The first-order valence-electron chi connectivity index (χ1n) is 7.05. The summed E-state index contributed by atoms with van der Waals surface area (Å²) in [4.78, 5) is 16.9. The van der Waals surface area contributed by atoms with Crippen LogP contribution in [-0.2, 0) is 6.42 Å². The standard InChI is InChI=1S/C16H16N2O4S/c1-4-12-14(15(19)20)23-16-17-11(8-18(12)16)10-7-9(21-2)5-6-13(10)22-3/h5-8H,4H2,1-3H3,(H,19,20). The van der Waals surface area contributed by atoms with Crippen LogP contribution in [0.4, 0.5) is 0 Å². The molecule has 23 heavy (non-hydrogen) atoms. The maximum absolute atomic E-state index is 11.3. The van der Waals surface area contributed by atoms with Crippen LogP contribution in [0, 0.1) is 0 Å². The molecule has 1 N–H and O–H groups in total. The van der Waals surface area contributed by atoms with Crippen LogP contribution in [0.3, 0.4) is 0 Å². The lowest BCUT2D eigenvalue weighted by atomic mass is 10.1. The quantitative estimate of drug-likeness (QED) is 0.776. The van der Waals surface area contributed by atoms with Crippen molar-refractivity contribution in [2.24, 2.45) is 0 Å². The van der Waals surface area contributed by atoms with Crippen LogP contribution in [0.5, 0.6) is 11.5 Å². The molecule has 0 amide bonds. The van der Waals surface area contributed by atoms with E-state index in [9.17, 15) is 9.90 Å². The number of aromatic carboxylic acids is 1. The van der Waals surface area contributed by atoms with Gasteiger partial charge in [-0.3, -0.25) is 4.40 Å². The lowest BCUT2D eigenvalue weighted by molar-refractivity contribution is 0.0700. The third kappa shape index (κ3) is 2.53. The molecular formula is C16H16N2O4S. The summed E-state index contributed by atoms with van der Waals surface area (Å²) in [6.07, 6.45) is 2.46. The number of aromatic nitrogens is 2. The zero-order valence-corrected chi connectivity index (χ0v) is 13.8. The second-order valence-corrected chi connectivity index (χ2v) is 5.86. The number of hydrogen-bond acceptors (Lipinski definition) is 5. The van der Waals surface area contributed by atoms with E-state index < -0.39 is 5.97 Å². The van der Waals surface area contributed by atoms with E-state index in [2.05, 4.69) is 4.98 Å². The Morgan fingerprint density at radius 2 is 2.13 bits per heavy atom. The van der Waals surface area contributed by atoms with Crippen molar-refractivity contribution in [1.82, 2.24) is 9.38 Å². The van der Waals surface area contributed by atoms with Gasteiger partial charge in [-0.15, -0.1) is 0 Å². The lowest BCUT2D eigenvalue weighted by Gasteiger charge is -2.08. The second kappa shape index (κ2) is 5.92. The number of carboxylic acids is 1. The van der Waals surface area contributed by atoms with Crippen molar-refractivity contribution < 1.29 is 19.4 Å². The highest BCUT2D eigenvalue weighted by atomic mass is 32.1. The zero-order chi connectivity index (χ0) is 16.6. The summed E-state index contributed by atoms with van der Waals surface area (Å²) in [5.41, 5.74) is 2.28. The van der Waals surface area contributed by atoms with E-state index in [0.29, 0.717) is 27.8 Å². The van der Waals surface area contributed by atoms with Crippen molar-refractivity contribution in [2.45, 2.75) is 13.3 Å². The molecule has 0 atom stereocenters. The molecule has 0 aliphatic carbocycles. The van der Waals surface area contributed by atoms with E-state index in [1.54, 1.807) is 14.2 Å². The van der Waals surface area contributed by atoms with Gasteiger partial charge in [0.15, 0.2) is 4.96 Å². The molecule has 1 aromatic carbocycles. The van der Waals surface area contributed by atoms with Crippen LogP contribution in [-0.4, -0.2) is 34.7 Å². The summed E-state index contributed by atoms with van der Waals surface area (Å²) in [6, 6.07) is 5.50. The van der Waals surface area contributed by atoms with Gasteiger partial charge in [-0.25, -0.2) is 9.78 Å². The average molecular weight is 332 g/mol. The first kappa shape index (κ1) is 15.4. The van der Waals surface area contributed by atoms with Crippen molar-refractivity contribution in [2.75, 3.05) is 14.2 Å². The Hall–Kier alpha value is -2.54. The van der Waals surface area contributed by atoms with Gasteiger partial charge in [-0.2, -0.15) is 0 Å². The van der Waals surface area contributed by atoms with Crippen molar-refractivity contribution in [3.05, 3.63) is 35.0 Å². The Morgan fingerprint density at radius 1 is 1.35 bits per heavy atom.